The van der Waals surface area contributed by atoms with Gasteiger partial charge in [-0.15, -0.1) is 0 Å². The third-order valence-electron chi connectivity index (χ3n) is 5.89. The molecule has 160 valence electrons. The molecule has 2 heterocycles. The smallest absolute Gasteiger partial charge is 0.262 e. The zero-order valence-corrected chi connectivity index (χ0v) is 18.3. The van der Waals surface area contributed by atoms with Crippen LogP contribution in [0.4, 0.5) is 11.6 Å². The Morgan fingerprint density at radius 2 is 1.69 bits per heavy atom. The number of hydrogen-bond acceptors (Lipinski definition) is 4. The van der Waals surface area contributed by atoms with E-state index in [4.69, 9.17) is 9.15 Å². The maximum atomic E-state index is 13.7. The maximum absolute atomic E-state index is 13.7. The van der Waals surface area contributed by atoms with E-state index in [0.717, 1.165) is 39.0 Å². The van der Waals surface area contributed by atoms with E-state index in [1.165, 1.54) is 0 Å². The van der Waals surface area contributed by atoms with E-state index in [0.29, 0.717) is 23.4 Å². The Hall–Kier alpha value is -3.99. The molecule has 0 radical (unpaired) electrons. The number of aryl methyl sites for hydroxylation is 2. The Morgan fingerprint density at radius 1 is 0.969 bits per heavy atom. The van der Waals surface area contributed by atoms with Gasteiger partial charge in [0.05, 0.1) is 23.6 Å². The first-order valence-electron chi connectivity index (χ1n) is 10.7. The fraction of sp³-hybridized carbons (Fsp3) is 0.148. The van der Waals surface area contributed by atoms with Crippen molar-refractivity contribution in [2.24, 2.45) is 0 Å². The van der Waals surface area contributed by atoms with Gasteiger partial charge in [0.1, 0.15) is 5.75 Å². The van der Waals surface area contributed by atoms with Crippen LogP contribution in [-0.4, -0.2) is 11.7 Å². The van der Waals surface area contributed by atoms with Gasteiger partial charge >= 0.3 is 0 Å². The highest BCUT2D eigenvalue weighted by Crippen LogP contribution is 2.41. The first-order chi connectivity index (χ1) is 15.6. The lowest BCUT2D eigenvalue weighted by atomic mass is 10.0. The van der Waals surface area contributed by atoms with Gasteiger partial charge in [-0.1, -0.05) is 42.5 Å². The molecule has 0 spiro atoms. The lowest BCUT2D eigenvalue weighted by Gasteiger charge is -2.10. The maximum Gasteiger partial charge on any atom is 0.262 e. The fourth-order valence-electron chi connectivity index (χ4n) is 4.24. The molecule has 0 amide bonds. The van der Waals surface area contributed by atoms with Crippen LogP contribution in [0.3, 0.4) is 0 Å². The van der Waals surface area contributed by atoms with Crippen molar-refractivity contribution in [3.8, 4) is 16.9 Å². The molecular weight excluding hydrogens is 400 g/mol. The van der Waals surface area contributed by atoms with Crippen molar-refractivity contribution < 1.29 is 9.15 Å². The van der Waals surface area contributed by atoms with Crippen molar-refractivity contribution in [1.82, 2.24) is 4.57 Å². The van der Waals surface area contributed by atoms with Crippen LogP contribution in [-0.2, 0) is 6.54 Å². The number of ether oxygens (including phenoxy) is 1. The molecule has 5 aromatic rings. The van der Waals surface area contributed by atoms with Crippen molar-refractivity contribution in [2.45, 2.75) is 20.4 Å². The molecule has 0 bridgehead atoms. The van der Waals surface area contributed by atoms with E-state index >= 15 is 0 Å². The van der Waals surface area contributed by atoms with E-state index in [2.05, 4.69) is 5.32 Å². The lowest BCUT2D eigenvalue weighted by molar-refractivity contribution is 0.415. The van der Waals surface area contributed by atoms with Crippen LogP contribution in [0.25, 0.3) is 33.0 Å². The number of anilines is 2. The minimum Gasteiger partial charge on any atom is -0.497 e. The average molecular weight is 425 g/mol. The number of para-hydroxylation sites is 2. The van der Waals surface area contributed by atoms with Gasteiger partial charge < -0.3 is 19.0 Å². The number of aromatic nitrogens is 1. The molecule has 0 aliphatic rings. The van der Waals surface area contributed by atoms with Gasteiger partial charge in [-0.3, -0.25) is 4.79 Å². The van der Waals surface area contributed by atoms with Gasteiger partial charge in [0, 0.05) is 17.6 Å². The summed E-state index contributed by atoms with van der Waals surface area (Å²) in [4.78, 5) is 13.7. The van der Waals surface area contributed by atoms with Crippen LogP contribution in [0.5, 0.6) is 5.75 Å². The van der Waals surface area contributed by atoms with E-state index in [-0.39, 0.29) is 5.56 Å². The molecule has 0 fully saturated rings. The zero-order chi connectivity index (χ0) is 22.2. The molecular formula is C27H24N2O3. The van der Waals surface area contributed by atoms with Crippen LogP contribution in [0.1, 0.15) is 12.5 Å². The number of pyridine rings is 1. The Balaban J connectivity index is 1.87. The molecule has 0 atom stereocenters. The second-order valence-corrected chi connectivity index (χ2v) is 7.75. The molecule has 0 saturated carbocycles. The van der Waals surface area contributed by atoms with Crippen molar-refractivity contribution in [3.05, 3.63) is 88.7 Å². The largest absolute Gasteiger partial charge is 0.497 e. The summed E-state index contributed by atoms with van der Waals surface area (Å²) in [6.45, 7) is 4.60. The molecule has 5 rings (SSSR count). The summed E-state index contributed by atoms with van der Waals surface area (Å²) >= 11 is 0. The van der Waals surface area contributed by atoms with Crippen molar-refractivity contribution in [3.63, 3.8) is 0 Å². The Labute approximate surface area is 185 Å². The number of nitrogens with one attached hydrogen (secondary N) is 1. The number of nitrogens with zero attached hydrogens (tertiary/aromatic N) is 1. The summed E-state index contributed by atoms with van der Waals surface area (Å²) in [6, 6.07) is 23.6. The number of benzene rings is 3. The normalized spacial score (nSPS) is 11.2. The third-order valence-corrected chi connectivity index (χ3v) is 5.89. The summed E-state index contributed by atoms with van der Waals surface area (Å²) in [5, 5.41) is 4.93. The molecule has 2 aromatic heterocycles. The highest BCUT2D eigenvalue weighted by molar-refractivity contribution is 6.11. The minimum absolute atomic E-state index is 0.0615. The number of rotatable bonds is 5. The minimum atomic E-state index is -0.0615. The highest BCUT2D eigenvalue weighted by Gasteiger charge is 2.23. The van der Waals surface area contributed by atoms with Crippen LogP contribution < -0.4 is 15.6 Å². The van der Waals surface area contributed by atoms with Crippen LogP contribution >= 0.6 is 0 Å². The molecule has 5 heteroatoms. The highest BCUT2D eigenvalue weighted by atomic mass is 16.5. The lowest BCUT2D eigenvalue weighted by Crippen LogP contribution is -2.19. The van der Waals surface area contributed by atoms with Crippen molar-refractivity contribution in [1.29, 1.82) is 0 Å². The average Bonchev–Trinajstić information content (AvgIpc) is 3.20. The Bertz CT molecular complexity index is 1490. The van der Waals surface area contributed by atoms with Crippen LogP contribution in [0.15, 0.2) is 82.0 Å². The van der Waals surface area contributed by atoms with E-state index in [1.54, 1.807) is 11.7 Å². The van der Waals surface area contributed by atoms with Crippen molar-refractivity contribution in [2.75, 3.05) is 12.4 Å². The second kappa shape index (κ2) is 7.93. The van der Waals surface area contributed by atoms with Gasteiger partial charge in [0.25, 0.3) is 5.56 Å². The van der Waals surface area contributed by atoms with Gasteiger partial charge in [0.2, 0.25) is 5.88 Å². The zero-order valence-electron chi connectivity index (χ0n) is 18.3. The summed E-state index contributed by atoms with van der Waals surface area (Å²) < 4.78 is 13.5. The first kappa shape index (κ1) is 19.9. The van der Waals surface area contributed by atoms with Crippen molar-refractivity contribution >= 4 is 33.4 Å². The molecule has 0 unspecified atom stereocenters. The van der Waals surface area contributed by atoms with Crippen LogP contribution in [0, 0.1) is 6.92 Å². The van der Waals surface area contributed by atoms with Gasteiger partial charge in [-0.05, 0) is 55.3 Å². The number of furan rings is 1. The topological polar surface area (TPSA) is 56.4 Å². The summed E-state index contributed by atoms with van der Waals surface area (Å²) in [6.07, 6.45) is 0. The Morgan fingerprint density at radius 3 is 2.41 bits per heavy atom. The molecule has 0 saturated heterocycles. The number of fused-ring (bicyclic) bond motifs is 3. The van der Waals surface area contributed by atoms with E-state index < -0.39 is 0 Å². The number of methoxy groups -OCH3 is 1. The molecule has 1 N–H and O–H groups in total. The predicted molar refractivity (Wildman–Crippen MR) is 130 cm³/mol. The van der Waals surface area contributed by atoms with Crippen LogP contribution in [0.2, 0.25) is 0 Å². The summed E-state index contributed by atoms with van der Waals surface area (Å²) in [5.41, 5.74) is 5.06. The molecule has 5 nitrogen and oxygen atoms in total. The number of hydrogen-bond donors (Lipinski definition) is 1. The predicted octanol–water partition coefficient (Wildman–Crippen LogP) is 6.50. The fourth-order valence-corrected chi connectivity index (χ4v) is 4.24. The summed E-state index contributed by atoms with van der Waals surface area (Å²) in [7, 11) is 1.64. The van der Waals surface area contributed by atoms with E-state index in [1.807, 2.05) is 86.6 Å². The summed E-state index contributed by atoms with van der Waals surface area (Å²) in [5.74, 6) is 1.31. The SMILES string of the molecule is CCn1c(=O)c2c(-c3ccc(OC)cc3)c(Nc3ccccc3C)oc2c2ccccc21. The van der Waals surface area contributed by atoms with E-state index in [9.17, 15) is 4.79 Å². The Kier molecular flexibility index (Phi) is 4.94. The quantitative estimate of drug-likeness (QED) is 0.350. The second-order valence-electron chi connectivity index (χ2n) is 7.75. The van der Waals surface area contributed by atoms with Gasteiger partial charge in [-0.25, -0.2) is 0 Å². The van der Waals surface area contributed by atoms with Gasteiger partial charge in [-0.2, -0.15) is 0 Å². The molecule has 3 aromatic carbocycles. The molecule has 0 aliphatic heterocycles. The third kappa shape index (κ3) is 3.14. The first-order valence-corrected chi connectivity index (χ1v) is 10.7. The molecule has 32 heavy (non-hydrogen) atoms. The molecule has 0 aliphatic carbocycles. The monoisotopic (exact) mass is 424 g/mol. The van der Waals surface area contributed by atoms with Gasteiger partial charge in [0.15, 0.2) is 5.58 Å². The standard InChI is InChI=1S/C27H24N2O3/c1-4-29-22-12-8-6-10-20(22)25-24(27(29)30)23(18-13-15-19(31-3)16-14-18)26(32-25)28-21-11-7-5-9-17(21)2/h5-16,28H,4H2,1-3H3.